The maximum atomic E-state index is 13.1. The largest absolute Gasteiger partial charge is 0.240 e. The third-order valence-corrected chi connectivity index (χ3v) is 3.70. The number of rotatable bonds is 6. The summed E-state index contributed by atoms with van der Waals surface area (Å²) in [4.78, 5) is -0.112. The van der Waals surface area contributed by atoms with Crippen molar-refractivity contribution in [3.8, 4) is 6.07 Å². The maximum Gasteiger partial charge on any atom is 0.240 e. The van der Waals surface area contributed by atoms with Crippen LogP contribution in [-0.4, -0.2) is 15.0 Å². The summed E-state index contributed by atoms with van der Waals surface area (Å²) in [5.41, 5.74) is -0.288. The number of hydrogen-bond donors (Lipinski definition) is 1. The van der Waals surface area contributed by atoms with Crippen molar-refractivity contribution in [3.63, 3.8) is 0 Å². The monoisotopic (exact) mass is 268 g/mol. The van der Waals surface area contributed by atoms with Gasteiger partial charge in [-0.3, -0.25) is 0 Å². The van der Waals surface area contributed by atoms with Crippen LogP contribution in [0.5, 0.6) is 0 Å². The summed E-state index contributed by atoms with van der Waals surface area (Å²) < 4.78 is 39.0. The molecule has 0 bridgehead atoms. The Hall–Kier alpha value is -1.71. The summed E-state index contributed by atoms with van der Waals surface area (Å²) in [7, 11) is -3.69. The molecule has 1 rings (SSSR count). The molecule has 0 unspecified atom stereocenters. The molecule has 0 aliphatic heterocycles. The van der Waals surface area contributed by atoms with E-state index in [4.69, 9.17) is 5.26 Å². The quantitative estimate of drug-likeness (QED) is 0.633. The first-order chi connectivity index (χ1) is 8.51. The minimum absolute atomic E-state index is 0.112. The van der Waals surface area contributed by atoms with Gasteiger partial charge < -0.3 is 0 Å². The van der Waals surface area contributed by atoms with Crippen molar-refractivity contribution in [2.24, 2.45) is 0 Å². The smallest absolute Gasteiger partial charge is 0.211 e. The van der Waals surface area contributed by atoms with Crippen LogP contribution in [0.1, 0.15) is 18.4 Å². The molecule has 0 saturated carbocycles. The van der Waals surface area contributed by atoms with Gasteiger partial charge in [0.05, 0.1) is 10.5 Å². The minimum atomic E-state index is -3.69. The fourth-order valence-electron chi connectivity index (χ4n) is 1.29. The van der Waals surface area contributed by atoms with Crippen LogP contribution in [0, 0.1) is 17.1 Å². The van der Waals surface area contributed by atoms with Crippen molar-refractivity contribution in [2.45, 2.75) is 17.7 Å². The molecule has 0 spiro atoms. The van der Waals surface area contributed by atoms with E-state index < -0.39 is 15.8 Å². The fraction of sp³-hybridized carbons (Fsp3) is 0.250. The number of unbranched alkanes of at least 4 members (excludes halogenated alkanes) is 1. The van der Waals surface area contributed by atoms with Gasteiger partial charge in [-0.15, -0.1) is 6.58 Å². The van der Waals surface area contributed by atoms with Crippen LogP contribution < -0.4 is 4.72 Å². The van der Waals surface area contributed by atoms with Gasteiger partial charge in [-0.2, -0.15) is 5.26 Å². The second-order valence-electron chi connectivity index (χ2n) is 3.58. The SMILES string of the molecule is C=CCCCNS(=O)(=O)c1ccc(F)c(C#N)c1. The zero-order valence-electron chi connectivity index (χ0n) is 9.69. The van der Waals surface area contributed by atoms with Gasteiger partial charge in [-0.05, 0) is 31.0 Å². The molecule has 18 heavy (non-hydrogen) atoms. The first-order valence-corrected chi connectivity index (χ1v) is 6.80. The van der Waals surface area contributed by atoms with Gasteiger partial charge in [-0.1, -0.05) is 6.08 Å². The van der Waals surface area contributed by atoms with Gasteiger partial charge in [-0.25, -0.2) is 17.5 Å². The molecule has 0 fully saturated rings. The van der Waals surface area contributed by atoms with Crippen molar-refractivity contribution in [3.05, 3.63) is 42.2 Å². The topological polar surface area (TPSA) is 70.0 Å². The molecule has 6 heteroatoms. The zero-order valence-corrected chi connectivity index (χ0v) is 10.5. The van der Waals surface area contributed by atoms with Crippen molar-refractivity contribution < 1.29 is 12.8 Å². The summed E-state index contributed by atoms with van der Waals surface area (Å²) >= 11 is 0. The Morgan fingerprint density at radius 3 is 2.83 bits per heavy atom. The van der Waals surface area contributed by atoms with Crippen molar-refractivity contribution in [1.29, 1.82) is 5.26 Å². The third-order valence-electron chi connectivity index (χ3n) is 2.25. The van der Waals surface area contributed by atoms with Gasteiger partial charge in [0.25, 0.3) is 0 Å². The number of nitrogens with one attached hydrogen (secondary N) is 1. The van der Waals surface area contributed by atoms with E-state index in [-0.39, 0.29) is 17.0 Å². The van der Waals surface area contributed by atoms with Crippen LogP contribution in [0.3, 0.4) is 0 Å². The van der Waals surface area contributed by atoms with E-state index in [1.807, 2.05) is 0 Å². The second kappa shape index (κ2) is 6.28. The first-order valence-electron chi connectivity index (χ1n) is 5.31. The maximum absolute atomic E-state index is 13.1. The van der Waals surface area contributed by atoms with E-state index in [0.717, 1.165) is 18.2 Å². The van der Waals surface area contributed by atoms with E-state index in [9.17, 15) is 12.8 Å². The van der Waals surface area contributed by atoms with E-state index >= 15 is 0 Å². The lowest BCUT2D eigenvalue weighted by atomic mass is 10.2. The summed E-state index contributed by atoms with van der Waals surface area (Å²) in [6.45, 7) is 3.80. The van der Waals surface area contributed by atoms with Gasteiger partial charge >= 0.3 is 0 Å². The highest BCUT2D eigenvalue weighted by atomic mass is 32.2. The molecule has 0 aliphatic carbocycles. The highest BCUT2D eigenvalue weighted by Gasteiger charge is 2.15. The molecular formula is C12H13FN2O2S. The molecule has 0 saturated heterocycles. The van der Waals surface area contributed by atoms with E-state index in [1.54, 1.807) is 12.1 Å². The molecule has 96 valence electrons. The van der Waals surface area contributed by atoms with Gasteiger partial charge in [0.2, 0.25) is 10.0 Å². The first kappa shape index (κ1) is 14.4. The molecule has 4 nitrogen and oxygen atoms in total. The molecular weight excluding hydrogens is 255 g/mol. The van der Waals surface area contributed by atoms with Crippen LogP contribution in [-0.2, 0) is 10.0 Å². The summed E-state index contributed by atoms with van der Waals surface area (Å²) in [6, 6.07) is 4.72. The molecule has 0 aliphatic rings. The van der Waals surface area contributed by atoms with E-state index in [2.05, 4.69) is 11.3 Å². The molecule has 1 N–H and O–H groups in total. The highest BCUT2D eigenvalue weighted by molar-refractivity contribution is 7.89. The van der Waals surface area contributed by atoms with E-state index in [1.165, 1.54) is 0 Å². The minimum Gasteiger partial charge on any atom is -0.211 e. The Morgan fingerprint density at radius 1 is 1.50 bits per heavy atom. The van der Waals surface area contributed by atoms with Crippen LogP contribution >= 0.6 is 0 Å². The summed E-state index contributed by atoms with van der Waals surface area (Å²) in [6.07, 6.45) is 3.03. The zero-order chi connectivity index (χ0) is 13.6. The average Bonchev–Trinajstić information content (AvgIpc) is 2.35. The normalized spacial score (nSPS) is 10.9. The molecule has 0 radical (unpaired) electrons. The summed E-state index contributed by atoms with van der Waals surface area (Å²) in [5, 5.41) is 8.64. The second-order valence-corrected chi connectivity index (χ2v) is 5.35. The molecule has 0 amide bonds. The Bertz CT molecular complexity index is 576. The number of nitrogens with zero attached hydrogens (tertiary/aromatic N) is 1. The Kier molecular flexibility index (Phi) is 5.01. The number of nitriles is 1. The van der Waals surface area contributed by atoms with Crippen molar-refractivity contribution in [1.82, 2.24) is 4.72 Å². The van der Waals surface area contributed by atoms with Crippen LogP contribution in [0.2, 0.25) is 0 Å². The fourth-order valence-corrected chi connectivity index (χ4v) is 2.39. The molecule has 1 aromatic rings. The molecule has 0 heterocycles. The standard InChI is InChI=1S/C12H13FN2O2S/c1-2-3-4-7-15-18(16,17)11-5-6-12(13)10(8-11)9-14/h2,5-6,8,15H,1,3-4,7H2. The predicted octanol–water partition coefficient (Wildman–Crippen LogP) is 1.94. The highest BCUT2D eigenvalue weighted by Crippen LogP contribution is 2.14. The van der Waals surface area contributed by atoms with Crippen LogP contribution in [0.25, 0.3) is 0 Å². The molecule has 0 aromatic heterocycles. The number of allylic oxidation sites excluding steroid dienone is 1. The lowest BCUT2D eigenvalue weighted by Crippen LogP contribution is -2.24. The molecule has 0 atom stereocenters. The lowest BCUT2D eigenvalue weighted by Gasteiger charge is -2.06. The average molecular weight is 268 g/mol. The van der Waals surface area contributed by atoms with Crippen LogP contribution in [0.4, 0.5) is 4.39 Å². The number of hydrogen-bond acceptors (Lipinski definition) is 3. The Balaban J connectivity index is 2.85. The van der Waals surface area contributed by atoms with Gasteiger partial charge in [0.1, 0.15) is 11.9 Å². The van der Waals surface area contributed by atoms with Gasteiger partial charge in [0, 0.05) is 6.54 Å². The summed E-state index contributed by atoms with van der Waals surface area (Å²) in [5.74, 6) is -0.733. The van der Waals surface area contributed by atoms with E-state index in [0.29, 0.717) is 12.8 Å². The van der Waals surface area contributed by atoms with Crippen molar-refractivity contribution >= 4 is 10.0 Å². The Labute approximate surface area is 106 Å². The number of halogens is 1. The van der Waals surface area contributed by atoms with Crippen LogP contribution in [0.15, 0.2) is 35.7 Å². The third kappa shape index (κ3) is 3.65. The Morgan fingerprint density at radius 2 is 2.22 bits per heavy atom. The molecule has 1 aromatic carbocycles. The van der Waals surface area contributed by atoms with Gasteiger partial charge in [0.15, 0.2) is 0 Å². The lowest BCUT2D eigenvalue weighted by molar-refractivity contribution is 0.578. The van der Waals surface area contributed by atoms with Crippen molar-refractivity contribution in [2.75, 3.05) is 6.54 Å². The number of sulfonamides is 1. The number of benzene rings is 1. The predicted molar refractivity (Wildman–Crippen MR) is 65.7 cm³/mol.